The quantitative estimate of drug-likeness (QED) is 0.742. The lowest BCUT2D eigenvalue weighted by molar-refractivity contribution is -0.129. The van der Waals surface area contributed by atoms with Gasteiger partial charge in [0.15, 0.2) is 0 Å². The van der Waals surface area contributed by atoms with E-state index in [1.54, 1.807) is 6.07 Å². The monoisotopic (exact) mass is 436 g/mol. The highest BCUT2D eigenvalue weighted by molar-refractivity contribution is 5.94. The summed E-state index contributed by atoms with van der Waals surface area (Å²) in [5.41, 5.74) is 0.315. The number of phenols is 1. The summed E-state index contributed by atoms with van der Waals surface area (Å²) >= 11 is 0. The van der Waals surface area contributed by atoms with Crippen LogP contribution in [0.3, 0.4) is 0 Å². The first kappa shape index (κ1) is 22.8. The molecule has 0 spiro atoms. The van der Waals surface area contributed by atoms with Crippen molar-refractivity contribution in [2.75, 3.05) is 26.7 Å². The van der Waals surface area contributed by atoms with Crippen LogP contribution in [0.2, 0.25) is 0 Å². The van der Waals surface area contributed by atoms with Gasteiger partial charge in [-0.25, -0.2) is 0 Å². The van der Waals surface area contributed by atoms with Gasteiger partial charge in [-0.3, -0.25) is 4.79 Å². The molecule has 1 heterocycles. The Bertz CT molecular complexity index is 947. The van der Waals surface area contributed by atoms with Crippen molar-refractivity contribution in [3.05, 3.63) is 65.7 Å². The maximum atomic E-state index is 13.6. The van der Waals surface area contributed by atoms with E-state index in [2.05, 4.69) is 25.8 Å². The zero-order valence-electron chi connectivity index (χ0n) is 19.5. The number of hydrogen-bond donors (Lipinski definition) is 2. The van der Waals surface area contributed by atoms with E-state index in [1.807, 2.05) is 53.4 Å². The van der Waals surface area contributed by atoms with Crippen LogP contribution in [0.15, 0.2) is 54.6 Å². The lowest BCUT2D eigenvalue weighted by Crippen LogP contribution is -2.67. The minimum atomic E-state index is -0.885. The molecule has 32 heavy (non-hydrogen) atoms. The number of aliphatic hydroxyl groups is 1. The molecule has 0 aromatic heterocycles. The van der Waals surface area contributed by atoms with Crippen molar-refractivity contribution in [2.24, 2.45) is 5.92 Å². The van der Waals surface area contributed by atoms with Crippen LogP contribution in [0, 0.1) is 5.92 Å². The van der Waals surface area contributed by atoms with E-state index < -0.39 is 11.0 Å². The van der Waals surface area contributed by atoms with Gasteiger partial charge in [0.25, 0.3) is 5.91 Å². The van der Waals surface area contributed by atoms with E-state index in [0.29, 0.717) is 37.4 Å². The van der Waals surface area contributed by atoms with Crippen molar-refractivity contribution in [3.8, 4) is 5.75 Å². The van der Waals surface area contributed by atoms with Crippen molar-refractivity contribution in [3.63, 3.8) is 0 Å². The van der Waals surface area contributed by atoms with Gasteiger partial charge in [0.05, 0.1) is 5.60 Å². The molecule has 5 heteroatoms. The molecule has 4 rings (SSSR count). The van der Waals surface area contributed by atoms with Gasteiger partial charge in [-0.2, -0.15) is 0 Å². The predicted octanol–water partition coefficient (Wildman–Crippen LogP) is 4.05. The summed E-state index contributed by atoms with van der Waals surface area (Å²) in [6.07, 6.45) is 2.91. The summed E-state index contributed by atoms with van der Waals surface area (Å²) in [7, 11) is 2.06. The fraction of sp³-hybridized carbons (Fsp3) is 0.519. The van der Waals surface area contributed by atoms with E-state index in [1.165, 1.54) is 0 Å². The SMILES string of the molecule is CC(C)CN(C(=O)c1ccccc1)[C@@H]1CC[C@]2(O)CN(C)CC[C@@]2(c2cccc(O)c2)C1. The molecule has 2 aromatic rings. The van der Waals surface area contributed by atoms with Gasteiger partial charge in [0, 0.05) is 30.1 Å². The third-order valence-corrected chi connectivity index (χ3v) is 7.50. The highest BCUT2D eigenvalue weighted by atomic mass is 16.3. The number of likely N-dealkylation sites (N-methyl/N-ethyl adjacent to an activating group) is 1. The molecule has 0 unspecified atom stereocenters. The number of aromatic hydroxyl groups is 1. The molecule has 2 aromatic carbocycles. The average molecular weight is 437 g/mol. The van der Waals surface area contributed by atoms with Crippen molar-refractivity contribution in [1.29, 1.82) is 0 Å². The van der Waals surface area contributed by atoms with Gasteiger partial charge in [-0.05, 0) is 75.0 Å². The molecule has 1 amide bonds. The number of carbonyl (C=O) groups excluding carboxylic acids is 1. The first-order valence-electron chi connectivity index (χ1n) is 11.8. The summed E-state index contributed by atoms with van der Waals surface area (Å²) < 4.78 is 0. The van der Waals surface area contributed by atoms with E-state index in [4.69, 9.17) is 0 Å². The molecule has 1 saturated carbocycles. The van der Waals surface area contributed by atoms with Crippen LogP contribution < -0.4 is 0 Å². The van der Waals surface area contributed by atoms with Crippen molar-refractivity contribution >= 4 is 5.91 Å². The number of phenolic OH excluding ortho intramolecular Hbond substituents is 1. The third kappa shape index (κ3) is 4.16. The summed E-state index contributed by atoms with van der Waals surface area (Å²) in [6, 6.07) is 16.9. The summed E-state index contributed by atoms with van der Waals surface area (Å²) in [5.74, 6) is 0.631. The molecule has 1 aliphatic carbocycles. The van der Waals surface area contributed by atoms with Gasteiger partial charge >= 0.3 is 0 Å². The predicted molar refractivity (Wildman–Crippen MR) is 127 cm³/mol. The number of piperidine rings is 1. The molecule has 5 nitrogen and oxygen atoms in total. The summed E-state index contributed by atoms with van der Waals surface area (Å²) in [4.78, 5) is 17.8. The normalized spacial score (nSPS) is 28.3. The molecule has 0 bridgehead atoms. The highest BCUT2D eigenvalue weighted by Crippen LogP contribution is 2.52. The summed E-state index contributed by atoms with van der Waals surface area (Å²) in [6.45, 7) is 6.45. The second kappa shape index (κ2) is 8.87. The van der Waals surface area contributed by atoms with Gasteiger partial charge in [-0.15, -0.1) is 0 Å². The Balaban J connectivity index is 1.73. The standard InChI is InChI=1S/C27H36N2O3/c1-20(2)18-29(25(31)21-8-5-4-6-9-21)23-12-13-27(32)19-28(3)15-14-26(27,17-23)22-10-7-11-24(30)16-22/h4-11,16,20,23,30,32H,12-15,17-19H2,1-3H3/t23-,26+,27+/m1/s1. The van der Waals surface area contributed by atoms with E-state index in [0.717, 1.165) is 24.9 Å². The Morgan fingerprint density at radius 3 is 2.59 bits per heavy atom. The third-order valence-electron chi connectivity index (χ3n) is 7.50. The van der Waals surface area contributed by atoms with Gasteiger partial charge in [0.1, 0.15) is 5.75 Å². The first-order chi connectivity index (χ1) is 15.2. The van der Waals surface area contributed by atoms with Gasteiger partial charge in [-0.1, -0.05) is 44.2 Å². The number of carbonyl (C=O) groups is 1. The number of benzene rings is 2. The lowest BCUT2D eigenvalue weighted by atomic mass is 9.55. The maximum absolute atomic E-state index is 13.6. The Morgan fingerprint density at radius 2 is 1.91 bits per heavy atom. The molecule has 2 fully saturated rings. The average Bonchev–Trinajstić information content (AvgIpc) is 2.77. The number of nitrogens with zero attached hydrogens (tertiary/aromatic N) is 2. The topological polar surface area (TPSA) is 64.0 Å². The van der Waals surface area contributed by atoms with Gasteiger partial charge in [0.2, 0.25) is 0 Å². The van der Waals surface area contributed by atoms with Crippen molar-refractivity contribution < 1.29 is 15.0 Å². The smallest absolute Gasteiger partial charge is 0.254 e. The second-order valence-corrected chi connectivity index (χ2v) is 10.3. The van der Waals surface area contributed by atoms with Crippen LogP contribution in [0.5, 0.6) is 5.75 Å². The molecule has 1 saturated heterocycles. The molecule has 1 aliphatic heterocycles. The van der Waals surface area contributed by atoms with Crippen LogP contribution in [0.25, 0.3) is 0 Å². The molecule has 0 radical (unpaired) electrons. The van der Waals surface area contributed by atoms with E-state index in [-0.39, 0.29) is 17.7 Å². The zero-order chi connectivity index (χ0) is 22.9. The van der Waals surface area contributed by atoms with Crippen molar-refractivity contribution in [2.45, 2.75) is 56.6 Å². The molecule has 2 aliphatic rings. The van der Waals surface area contributed by atoms with Gasteiger partial charge < -0.3 is 20.0 Å². The molecule has 2 N–H and O–H groups in total. The zero-order valence-corrected chi connectivity index (χ0v) is 19.5. The first-order valence-corrected chi connectivity index (χ1v) is 11.8. The Kier molecular flexibility index (Phi) is 6.33. The Labute approximate surface area is 191 Å². The highest BCUT2D eigenvalue weighted by Gasteiger charge is 2.58. The Morgan fingerprint density at radius 1 is 1.16 bits per heavy atom. The maximum Gasteiger partial charge on any atom is 0.254 e. The van der Waals surface area contributed by atoms with Crippen LogP contribution in [0.4, 0.5) is 0 Å². The number of β-amino-alcohol motifs (C(OH)–C–C–N with tert-alkyl or cyclic N) is 1. The Hall–Kier alpha value is -2.37. The van der Waals surface area contributed by atoms with E-state index in [9.17, 15) is 15.0 Å². The molecule has 172 valence electrons. The van der Waals surface area contributed by atoms with Crippen molar-refractivity contribution in [1.82, 2.24) is 9.80 Å². The summed E-state index contributed by atoms with van der Waals surface area (Å²) in [5, 5.41) is 22.2. The lowest BCUT2D eigenvalue weighted by Gasteiger charge is -2.59. The molecular weight excluding hydrogens is 400 g/mol. The minimum Gasteiger partial charge on any atom is -0.508 e. The number of likely N-dealkylation sites (tertiary alicyclic amines) is 1. The van der Waals surface area contributed by atoms with Crippen LogP contribution in [-0.4, -0.2) is 64.2 Å². The van der Waals surface area contributed by atoms with Crippen LogP contribution in [-0.2, 0) is 5.41 Å². The largest absolute Gasteiger partial charge is 0.508 e. The number of amides is 1. The fourth-order valence-electron chi connectivity index (χ4n) is 5.95. The number of rotatable bonds is 5. The van der Waals surface area contributed by atoms with E-state index >= 15 is 0 Å². The van der Waals surface area contributed by atoms with Crippen LogP contribution in [0.1, 0.15) is 55.5 Å². The molecular formula is C27H36N2O3. The van der Waals surface area contributed by atoms with Crippen LogP contribution >= 0.6 is 0 Å². The fourth-order valence-corrected chi connectivity index (χ4v) is 5.95. The molecule has 3 atom stereocenters. The minimum absolute atomic E-state index is 0.0381. The number of hydrogen-bond acceptors (Lipinski definition) is 4. The second-order valence-electron chi connectivity index (χ2n) is 10.3. The number of fused-ring (bicyclic) bond motifs is 1.